The summed E-state index contributed by atoms with van der Waals surface area (Å²) < 4.78 is 40.1. The summed E-state index contributed by atoms with van der Waals surface area (Å²) in [5.41, 5.74) is 8.55. The number of halogens is 1. The van der Waals surface area contributed by atoms with Crippen molar-refractivity contribution in [2.24, 2.45) is 5.73 Å². The van der Waals surface area contributed by atoms with Crippen LogP contribution in [0.3, 0.4) is 0 Å². The Morgan fingerprint density at radius 2 is 2.08 bits per heavy atom. The maximum atomic E-state index is 12.6. The van der Waals surface area contributed by atoms with E-state index in [-0.39, 0.29) is 17.8 Å². The molecule has 0 aromatic carbocycles. The molecule has 1 saturated carbocycles. The van der Waals surface area contributed by atoms with Gasteiger partial charge in [0.15, 0.2) is 11.5 Å². The van der Waals surface area contributed by atoms with Crippen molar-refractivity contribution >= 4 is 10.0 Å². The standard InChI is InChI=1S/C25H28FN9O2S/c1-17(2)32-22-11-25(27,29-13-19(22)4-3-18-12-30-34(15-18)10-8-26)23-7-9-28-24(33-23)20-14-31-35(16-20)38(36,37)21-5-6-21/h7,9,11-17,21,29,32H,5-6,8,10,27H2,1-2H3. The minimum atomic E-state index is -3.50. The van der Waals surface area contributed by atoms with Gasteiger partial charge < -0.3 is 16.4 Å². The third-order valence-corrected chi connectivity index (χ3v) is 7.99. The van der Waals surface area contributed by atoms with Crippen LogP contribution in [0.2, 0.25) is 0 Å². The number of aromatic nitrogens is 6. The predicted octanol–water partition coefficient (Wildman–Crippen LogP) is 1.38. The number of nitrogens with two attached hydrogens (primary N) is 1. The zero-order valence-corrected chi connectivity index (χ0v) is 21.8. The molecule has 13 heteroatoms. The first-order valence-electron chi connectivity index (χ1n) is 12.2. The normalized spacial score (nSPS) is 19.3. The number of nitrogens with zero attached hydrogens (tertiary/aromatic N) is 6. The van der Waals surface area contributed by atoms with Crippen molar-refractivity contribution in [2.75, 3.05) is 6.67 Å². The molecule has 3 aromatic heterocycles. The van der Waals surface area contributed by atoms with Crippen molar-refractivity contribution in [1.29, 1.82) is 0 Å². The minimum Gasteiger partial charge on any atom is -0.382 e. The molecule has 0 saturated heterocycles. The molecule has 0 radical (unpaired) electrons. The van der Waals surface area contributed by atoms with E-state index in [4.69, 9.17) is 5.73 Å². The Hall–Kier alpha value is -4.02. The van der Waals surface area contributed by atoms with Gasteiger partial charge in [-0.2, -0.15) is 14.3 Å². The molecule has 1 atom stereocenters. The SMILES string of the molecule is CC(C)NC1=CC(N)(c2ccnc(-c3cnn(S(=O)(=O)C4CC4)c3)n2)NC=C1C#Cc1cnn(CCF)c1. The second-order valence-electron chi connectivity index (χ2n) is 9.47. The number of nitrogens with one attached hydrogen (secondary N) is 2. The Balaban J connectivity index is 1.42. The molecule has 1 unspecified atom stereocenters. The maximum absolute atomic E-state index is 12.6. The van der Waals surface area contributed by atoms with Crippen LogP contribution in [0, 0.1) is 11.8 Å². The average molecular weight is 538 g/mol. The van der Waals surface area contributed by atoms with E-state index in [1.54, 1.807) is 36.9 Å². The molecule has 2 aliphatic rings. The summed E-state index contributed by atoms with van der Waals surface area (Å²) in [5, 5.41) is 14.3. The average Bonchev–Trinajstić information content (AvgIpc) is 3.46. The molecule has 0 amide bonds. The van der Waals surface area contributed by atoms with Gasteiger partial charge in [-0.05, 0) is 38.8 Å². The highest BCUT2D eigenvalue weighted by atomic mass is 32.2. The van der Waals surface area contributed by atoms with Crippen LogP contribution < -0.4 is 16.4 Å². The smallest absolute Gasteiger partial charge is 0.256 e. The zero-order chi connectivity index (χ0) is 26.9. The van der Waals surface area contributed by atoms with Gasteiger partial charge in [0.1, 0.15) is 6.67 Å². The fraction of sp³-hybridized carbons (Fsp3) is 0.360. The molecular formula is C25H28FN9O2S. The summed E-state index contributed by atoms with van der Waals surface area (Å²) in [6.45, 7) is 3.69. The van der Waals surface area contributed by atoms with Crippen LogP contribution in [0.15, 0.2) is 60.6 Å². The van der Waals surface area contributed by atoms with Gasteiger partial charge in [0.25, 0.3) is 10.0 Å². The van der Waals surface area contributed by atoms with Gasteiger partial charge in [0, 0.05) is 24.6 Å². The monoisotopic (exact) mass is 537 g/mol. The number of hydrogen-bond acceptors (Lipinski definition) is 9. The van der Waals surface area contributed by atoms with Gasteiger partial charge in [-0.25, -0.2) is 22.8 Å². The first-order valence-corrected chi connectivity index (χ1v) is 13.7. The van der Waals surface area contributed by atoms with E-state index in [0.717, 1.165) is 4.09 Å². The van der Waals surface area contributed by atoms with Crippen LogP contribution >= 0.6 is 0 Å². The summed E-state index contributed by atoms with van der Waals surface area (Å²) in [5.74, 6) is 6.48. The first kappa shape index (κ1) is 25.6. The van der Waals surface area contributed by atoms with Crippen LogP contribution in [-0.2, 0) is 22.2 Å². The predicted molar refractivity (Wildman–Crippen MR) is 139 cm³/mol. The van der Waals surface area contributed by atoms with E-state index in [1.165, 1.54) is 17.1 Å². The van der Waals surface area contributed by atoms with Gasteiger partial charge in [-0.1, -0.05) is 11.8 Å². The molecule has 198 valence electrons. The number of hydrogen-bond donors (Lipinski definition) is 3. The molecule has 1 fully saturated rings. The van der Waals surface area contributed by atoms with Crippen LogP contribution in [0.5, 0.6) is 0 Å². The molecular weight excluding hydrogens is 509 g/mol. The van der Waals surface area contributed by atoms with Gasteiger partial charge in [0.2, 0.25) is 0 Å². The van der Waals surface area contributed by atoms with E-state index in [1.807, 2.05) is 13.8 Å². The van der Waals surface area contributed by atoms with Crippen molar-refractivity contribution in [3.8, 4) is 23.2 Å². The van der Waals surface area contributed by atoms with Gasteiger partial charge in [-0.3, -0.25) is 4.68 Å². The third-order valence-electron chi connectivity index (χ3n) is 5.95. The van der Waals surface area contributed by atoms with Gasteiger partial charge in [-0.15, -0.1) is 0 Å². The second kappa shape index (κ2) is 10.0. The first-order chi connectivity index (χ1) is 18.2. The summed E-state index contributed by atoms with van der Waals surface area (Å²) in [7, 11) is -3.50. The topological polar surface area (TPSA) is 146 Å². The summed E-state index contributed by atoms with van der Waals surface area (Å²) in [6.07, 6.45) is 12.5. The molecule has 0 bridgehead atoms. The molecule has 0 spiro atoms. The van der Waals surface area contributed by atoms with E-state index < -0.39 is 22.4 Å². The molecule has 4 heterocycles. The van der Waals surface area contributed by atoms with Crippen molar-refractivity contribution in [3.05, 3.63) is 71.9 Å². The molecule has 4 N–H and O–H groups in total. The Morgan fingerprint density at radius 3 is 2.82 bits per heavy atom. The van der Waals surface area contributed by atoms with Crippen molar-refractivity contribution in [2.45, 2.75) is 50.2 Å². The second-order valence-corrected chi connectivity index (χ2v) is 11.5. The Labute approximate surface area is 220 Å². The molecule has 5 rings (SSSR count). The van der Waals surface area contributed by atoms with Crippen LogP contribution in [0.4, 0.5) is 4.39 Å². The summed E-state index contributed by atoms with van der Waals surface area (Å²) in [6, 6.07) is 1.79. The van der Waals surface area contributed by atoms with E-state index in [2.05, 4.69) is 42.6 Å². The molecule has 1 aliphatic carbocycles. The molecule has 11 nitrogen and oxygen atoms in total. The lowest BCUT2D eigenvalue weighted by molar-refractivity contribution is 0.427. The number of alkyl halides is 1. The largest absolute Gasteiger partial charge is 0.382 e. The van der Waals surface area contributed by atoms with E-state index in [0.29, 0.717) is 46.8 Å². The lowest BCUT2D eigenvalue weighted by Gasteiger charge is -2.32. The van der Waals surface area contributed by atoms with Crippen LogP contribution in [0.1, 0.15) is 37.9 Å². The van der Waals surface area contributed by atoms with Crippen molar-refractivity contribution in [3.63, 3.8) is 0 Å². The number of allylic oxidation sites excluding steroid dienone is 1. The van der Waals surface area contributed by atoms with Gasteiger partial charge >= 0.3 is 0 Å². The fourth-order valence-electron chi connectivity index (χ4n) is 3.88. The highest BCUT2D eigenvalue weighted by Gasteiger charge is 2.38. The highest BCUT2D eigenvalue weighted by Crippen LogP contribution is 2.30. The number of aryl methyl sites for hydroxylation is 1. The summed E-state index contributed by atoms with van der Waals surface area (Å²) in [4.78, 5) is 8.92. The zero-order valence-electron chi connectivity index (χ0n) is 21.0. The Kier molecular flexibility index (Phi) is 6.77. The Morgan fingerprint density at radius 1 is 1.26 bits per heavy atom. The van der Waals surface area contributed by atoms with Crippen LogP contribution in [-0.4, -0.2) is 55.3 Å². The van der Waals surface area contributed by atoms with Crippen molar-refractivity contribution < 1.29 is 12.8 Å². The fourth-order valence-corrected chi connectivity index (χ4v) is 5.36. The van der Waals surface area contributed by atoms with E-state index in [9.17, 15) is 12.8 Å². The Bertz CT molecular complexity index is 1570. The van der Waals surface area contributed by atoms with Crippen molar-refractivity contribution in [1.82, 2.24) is 39.6 Å². The highest BCUT2D eigenvalue weighted by molar-refractivity contribution is 7.90. The van der Waals surface area contributed by atoms with Crippen LogP contribution in [0.25, 0.3) is 11.4 Å². The lowest BCUT2D eigenvalue weighted by atomic mass is 9.98. The quantitative estimate of drug-likeness (QED) is 0.363. The minimum absolute atomic E-state index is 0.0984. The summed E-state index contributed by atoms with van der Waals surface area (Å²) >= 11 is 0. The number of dihydropyridines is 1. The molecule has 1 aliphatic heterocycles. The van der Waals surface area contributed by atoms with E-state index >= 15 is 0 Å². The lowest BCUT2D eigenvalue weighted by Crippen LogP contribution is -2.50. The third kappa shape index (κ3) is 5.32. The van der Waals surface area contributed by atoms with Gasteiger partial charge in [0.05, 0.1) is 58.5 Å². The molecule has 38 heavy (non-hydrogen) atoms. The maximum Gasteiger partial charge on any atom is 0.256 e. The number of rotatable bonds is 8. The molecule has 3 aromatic rings.